The highest BCUT2D eigenvalue weighted by Gasteiger charge is 2.43. The Morgan fingerprint density at radius 1 is 1.17 bits per heavy atom. The fourth-order valence-corrected chi connectivity index (χ4v) is 3.69. The van der Waals surface area contributed by atoms with Crippen LogP contribution in [-0.4, -0.2) is 69.1 Å². The predicted octanol–water partition coefficient (Wildman–Crippen LogP) is 0.675. The summed E-state index contributed by atoms with van der Waals surface area (Å²) in [6.07, 6.45) is -7.39. The van der Waals surface area contributed by atoms with Crippen molar-refractivity contribution in [2.45, 2.75) is 30.7 Å². The number of benzene rings is 1. The van der Waals surface area contributed by atoms with Crippen molar-refractivity contribution >= 4 is 40.1 Å². The first-order valence-electron chi connectivity index (χ1n) is 6.84. The SMILES string of the molecule is COc1c(Cl)ccc(Cl)c1C(=O)SC[C@H]1OC(O)[C@H](O)[C@@H](O)[C@@H]1O. The summed E-state index contributed by atoms with van der Waals surface area (Å²) in [6, 6.07) is 2.95. The molecule has 0 bridgehead atoms. The van der Waals surface area contributed by atoms with Crippen LogP contribution in [0.15, 0.2) is 12.1 Å². The Morgan fingerprint density at radius 2 is 1.79 bits per heavy atom. The van der Waals surface area contributed by atoms with Crippen LogP contribution < -0.4 is 4.74 Å². The van der Waals surface area contributed by atoms with E-state index in [2.05, 4.69) is 0 Å². The van der Waals surface area contributed by atoms with Gasteiger partial charge in [-0.2, -0.15) is 0 Å². The summed E-state index contributed by atoms with van der Waals surface area (Å²) in [5.74, 6) is 0.0367. The van der Waals surface area contributed by atoms with Gasteiger partial charge < -0.3 is 29.9 Å². The van der Waals surface area contributed by atoms with Crippen molar-refractivity contribution in [3.63, 3.8) is 0 Å². The molecule has 1 unspecified atom stereocenters. The summed E-state index contributed by atoms with van der Waals surface area (Å²) < 4.78 is 10.1. The molecule has 1 saturated heterocycles. The second-order valence-corrected chi connectivity index (χ2v) is 6.88. The van der Waals surface area contributed by atoms with Crippen molar-refractivity contribution in [2.24, 2.45) is 0 Å². The lowest BCUT2D eigenvalue weighted by atomic mass is 10.0. The number of ether oxygens (including phenoxy) is 2. The van der Waals surface area contributed by atoms with Crippen LogP contribution in [-0.2, 0) is 4.74 Å². The minimum absolute atomic E-state index is 0.0723. The number of hydrogen-bond acceptors (Lipinski definition) is 8. The average Bonchev–Trinajstić information content (AvgIpc) is 2.56. The van der Waals surface area contributed by atoms with Gasteiger partial charge >= 0.3 is 0 Å². The van der Waals surface area contributed by atoms with E-state index >= 15 is 0 Å². The second kappa shape index (κ2) is 8.20. The third-order valence-corrected chi connectivity index (χ3v) is 5.11. The molecular formula is C14H16Cl2O7S. The van der Waals surface area contributed by atoms with Gasteiger partial charge in [0, 0.05) is 5.75 Å². The van der Waals surface area contributed by atoms with E-state index in [1.54, 1.807) is 0 Å². The van der Waals surface area contributed by atoms with Gasteiger partial charge in [0.1, 0.15) is 18.3 Å². The van der Waals surface area contributed by atoms with Gasteiger partial charge in [-0.15, -0.1) is 0 Å². The van der Waals surface area contributed by atoms with Gasteiger partial charge in [-0.1, -0.05) is 35.0 Å². The lowest BCUT2D eigenvalue weighted by Gasteiger charge is -2.38. The van der Waals surface area contributed by atoms with Gasteiger partial charge in [-0.05, 0) is 12.1 Å². The predicted molar refractivity (Wildman–Crippen MR) is 88.7 cm³/mol. The Labute approximate surface area is 152 Å². The maximum absolute atomic E-state index is 12.4. The molecule has 24 heavy (non-hydrogen) atoms. The zero-order chi connectivity index (χ0) is 18.0. The maximum Gasteiger partial charge on any atom is 0.224 e. The van der Waals surface area contributed by atoms with E-state index in [9.17, 15) is 25.2 Å². The van der Waals surface area contributed by atoms with Gasteiger partial charge in [0.15, 0.2) is 12.0 Å². The maximum atomic E-state index is 12.4. The van der Waals surface area contributed by atoms with Gasteiger partial charge in [0.25, 0.3) is 0 Å². The summed E-state index contributed by atoms with van der Waals surface area (Å²) in [7, 11) is 1.35. The lowest BCUT2D eigenvalue weighted by molar-refractivity contribution is -0.276. The van der Waals surface area contributed by atoms with E-state index < -0.39 is 35.8 Å². The van der Waals surface area contributed by atoms with E-state index in [0.29, 0.717) is 0 Å². The number of aliphatic hydroxyl groups is 4. The number of carbonyl (C=O) groups excluding carboxylic acids is 1. The standard InChI is InChI=1S/C14H16Cl2O7S/c1-22-12-6(16)3-2-5(15)8(12)14(21)24-4-7-9(17)10(18)11(19)13(20)23-7/h2-3,7,9-11,13,17-20H,4H2,1H3/t7-,9-,10+,11-,13?/m1/s1. The Morgan fingerprint density at radius 3 is 2.42 bits per heavy atom. The zero-order valence-electron chi connectivity index (χ0n) is 12.4. The van der Waals surface area contributed by atoms with Crippen LogP contribution in [0.5, 0.6) is 5.75 Å². The zero-order valence-corrected chi connectivity index (χ0v) is 14.8. The van der Waals surface area contributed by atoms with Crippen LogP contribution in [0.2, 0.25) is 10.0 Å². The number of halogens is 2. The minimum atomic E-state index is -1.66. The van der Waals surface area contributed by atoms with Crippen LogP contribution in [0.3, 0.4) is 0 Å². The monoisotopic (exact) mass is 398 g/mol. The quantitative estimate of drug-likeness (QED) is 0.584. The van der Waals surface area contributed by atoms with Crippen LogP contribution in [0.4, 0.5) is 0 Å². The van der Waals surface area contributed by atoms with Crippen molar-refractivity contribution in [2.75, 3.05) is 12.9 Å². The van der Waals surface area contributed by atoms with E-state index in [1.165, 1.54) is 19.2 Å². The number of thioether (sulfide) groups is 1. The molecular weight excluding hydrogens is 383 g/mol. The molecule has 1 fully saturated rings. The van der Waals surface area contributed by atoms with Crippen LogP contribution in [0.25, 0.3) is 0 Å². The molecule has 10 heteroatoms. The third-order valence-electron chi connectivity index (χ3n) is 3.53. The first-order valence-corrected chi connectivity index (χ1v) is 8.59. The minimum Gasteiger partial charge on any atom is -0.494 e. The molecule has 4 N–H and O–H groups in total. The molecule has 1 aromatic rings. The molecule has 1 heterocycles. The molecule has 0 amide bonds. The van der Waals surface area contributed by atoms with Crippen LogP contribution in [0, 0.1) is 0 Å². The highest BCUT2D eigenvalue weighted by Crippen LogP contribution is 2.36. The van der Waals surface area contributed by atoms with Gasteiger partial charge in [0.2, 0.25) is 5.12 Å². The molecule has 0 saturated carbocycles. The molecule has 1 aliphatic heterocycles. The molecule has 0 aromatic heterocycles. The van der Waals surface area contributed by atoms with Crippen molar-refractivity contribution in [1.82, 2.24) is 0 Å². The first-order chi connectivity index (χ1) is 11.3. The van der Waals surface area contributed by atoms with E-state index in [4.69, 9.17) is 32.7 Å². The lowest BCUT2D eigenvalue weighted by Crippen LogP contribution is -2.58. The Balaban J connectivity index is 2.10. The average molecular weight is 399 g/mol. The Hall–Kier alpha value is -0.580. The Kier molecular flexibility index (Phi) is 6.74. The van der Waals surface area contributed by atoms with Crippen LogP contribution in [0.1, 0.15) is 10.4 Å². The normalized spacial score (nSPS) is 30.2. The summed E-state index contributed by atoms with van der Waals surface area (Å²) in [6.45, 7) is 0. The molecule has 0 radical (unpaired) electrons. The molecule has 0 spiro atoms. The number of methoxy groups -OCH3 is 1. The van der Waals surface area contributed by atoms with E-state index in [1.807, 2.05) is 0 Å². The largest absolute Gasteiger partial charge is 0.494 e. The van der Waals surface area contributed by atoms with E-state index in [0.717, 1.165) is 11.8 Å². The third kappa shape index (κ3) is 3.97. The Bertz CT molecular complexity index is 615. The fourth-order valence-electron chi connectivity index (χ4n) is 2.22. The topological polar surface area (TPSA) is 116 Å². The molecule has 7 nitrogen and oxygen atoms in total. The van der Waals surface area contributed by atoms with Gasteiger partial charge in [-0.3, -0.25) is 4.79 Å². The number of hydrogen-bond donors (Lipinski definition) is 4. The molecule has 1 aliphatic rings. The molecule has 5 atom stereocenters. The summed E-state index contributed by atoms with van der Waals surface area (Å²) >= 11 is 12.7. The summed E-state index contributed by atoms with van der Waals surface area (Å²) in [5.41, 5.74) is 0.0723. The van der Waals surface area contributed by atoms with Crippen molar-refractivity contribution in [3.05, 3.63) is 27.7 Å². The second-order valence-electron chi connectivity index (χ2n) is 5.07. The molecule has 2 rings (SSSR count). The van der Waals surface area contributed by atoms with Gasteiger partial charge in [-0.25, -0.2) is 0 Å². The van der Waals surface area contributed by atoms with Crippen molar-refractivity contribution in [3.8, 4) is 5.75 Å². The van der Waals surface area contributed by atoms with Gasteiger partial charge in [0.05, 0.1) is 28.8 Å². The van der Waals surface area contributed by atoms with Crippen molar-refractivity contribution < 1.29 is 34.7 Å². The smallest absolute Gasteiger partial charge is 0.224 e. The van der Waals surface area contributed by atoms with Crippen LogP contribution >= 0.6 is 35.0 Å². The highest BCUT2D eigenvalue weighted by molar-refractivity contribution is 8.14. The number of carbonyl (C=O) groups is 1. The highest BCUT2D eigenvalue weighted by atomic mass is 35.5. The molecule has 134 valence electrons. The summed E-state index contributed by atoms with van der Waals surface area (Å²) in [4.78, 5) is 12.4. The number of aliphatic hydroxyl groups excluding tert-OH is 4. The van der Waals surface area contributed by atoms with Crippen molar-refractivity contribution in [1.29, 1.82) is 0 Å². The molecule has 1 aromatic carbocycles. The fraction of sp³-hybridized carbons (Fsp3) is 0.500. The summed E-state index contributed by atoms with van der Waals surface area (Å²) in [5, 5.41) is 38.3. The first kappa shape index (κ1) is 19.7. The molecule has 0 aliphatic carbocycles. The van der Waals surface area contributed by atoms with E-state index in [-0.39, 0.29) is 27.1 Å². The number of rotatable bonds is 4.